The van der Waals surface area contributed by atoms with Gasteiger partial charge in [-0.1, -0.05) is 35.1 Å². The topological polar surface area (TPSA) is 48.2 Å². The van der Waals surface area contributed by atoms with Crippen LogP contribution in [0.15, 0.2) is 71.5 Å². The van der Waals surface area contributed by atoms with E-state index in [1.54, 1.807) is 12.5 Å². The SMILES string of the molecule is Clc1ccc(-c2cc(Oc3nc4ncccc4s3)cc3occc23)cc1. The Morgan fingerprint density at radius 2 is 1.92 bits per heavy atom. The molecule has 0 aliphatic carbocycles. The van der Waals surface area contributed by atoms with Gasteiger partial charge >= 0.3 is 0 Å². The van der Waals surface area contributed by atoms with Crippen molar-refractivity contribution < 1.29 is 9.15 Å². The molecule has 3 aromatic heterocycles. The third-order valence-corrected chi connectivity index (χ3v) is 5.19. The summed E-state index contributed by atoms with van der Waals surface area (Å²) in [6.07, 6.45) is 3.40. The van der Waals surface area contributed by atoms with E-state index in [4.69, 9.17) is 20.8 Å². The van der Waals surface area contributed by atoms with Crippen LogP contribution >= 0.6 is 22.9 Å². The molecule has 0 spiro atoms. The van der Waals surface area contributed by atoms with Crippen LogP contribution in [-0.4, -0.2) is 9.97 Å². The standard InChI is InChI=1S/C20H11ClN2O2S/c21-13-5-3-12(4-6-13)16-10-14(11-17-15(16)7-9-24-17)25-20-23-19-18(26-20)2-1-8-22-19/h1-11H. The van der Waals surface area contributed by atoms with E-state index in [0.29, 0.717) is 21.6 Å². The van der Waals surface area contributed by atoms with Crippen molar-refractivity contribution in [1.29, 1.82) is 0 Å². The minimum Gasteiger partial charge on any atom is -0.464 e. The lowest BCUT2D eigenvalue weighted by Crippen LogP contribution is -1.86. The molecular formula is C20H11ClN2O2S. The molecule has 0 bridgehead atoms. The van der Waals surface area contributed by atoms with Crippen molar-refractivity contribution in [2.24, 2.45) is 0 Å². The number of benzene rings is 2. The Kier molecular flexibility index (Phi) is 3.62. The number of nitrogens with zero attached hydrogens (tertiary/aromatic N) is 2. The van der Waals surface area contributed by atoms with Crippen LogP contribution < -0.4 is 4.74 Å². The second-order valence-electron chi connectivity index (χ2n) is 5.72. The summed E-state index contributed by atoms with van der Waals surface area (Å²) in [5.41, 5.74) is 3.50. The molecule has 0 saturated carbocycles. The summed E-state index contributed by atoms with van der Waals surface area (Å²) in [5.74, 6) is 0.663. The van der Waals surface area contributed by atoms with Gasteiger partial charge in [0.05, 0.1) is 11.0 Å². The number of rotatable bonds is 3. The normalized spacial score (nSPS) is 11.3. The Bertz CT molecular complexity index is 1190. The molecule has 0 radical (unpaired) electrons. The van der Waals surface area contributed by atoms with Gasteiger partial charge in [-0.25, -0.2) is 4.98 Å². The summed E-state index contributed by atoms with van der Waals surface area (Å²) in [6.45, 7) is 0. The fourth-order valence-electron chi connectivity index (χ4n) is 2.87. The molecule has 0 N–H and O–H groups in total. The molecule has 4 nitrogen and oxygen atoms in total. The number of pyridine rings is 1. The van der Waals surface area contributed by atoms with Crippen molar-refractivity contribution in [2.75, 3.05) is 0 Å². The lowest BCUT2D eigenvalue weighted by Gasteiger charge is -2.07. The molecule has 5 rings (SSSR count). The van der Waals surface area contributed by atoms with Gasteiger partial charge in [0.2, 0.25) is 0 Å². The third kappa shape index (κ3) is 2.71. The Morgan fingerprint density at radius 3 is 2.77 bits per heavy atom. The van der Waals surface area contributed by atoms with E-state index in [9.17, 15) is 0 Å². The molecule has 0 amide bonds. The first-order valence-corrected chi connectivity index (χ1v) is 9.12. The van der Waals surface area contributed by atoms with Crippen LogP contribution in [0.4, 0.5) is 0 Å². The molecule has 5 aromatic rings. The second kappa shape index (κ2) is 6.12. The highest BCUT2D eigenvalue weighted by Crippen LogP contribution is 2.37. The van der Waals surface area contributed by atoms with E-state index < -0.39 is 0 Å². The zero-order chi connectivity index (χ0) is 17.5. The van der Waals surface area contributed by atoms with Gasteiger partial charge in [0.1, 0.15) is 11.3 Å². The molecule has 0 unspecified atom stereocenters. The average Bonchev–Trinajstić information content (AvgIpc) is 3.27. The first-order valence-electron chi connectivity index (χ1n) is 7.93. The highest BCUT2D eigenvalue weighted by Gasteiger charge is 2.12. The summed E-state index contributed by atoms with van der Waals surface area (Å²) in [5, 5.41) is 2.27. The van der Waals surface area contributed by atoms with Crippen molar-refractivity contribution in [3.05, 3.63) is 72.1 Å². The lowest BCUT2D eigenvalue weighted by molar-refractivity contribution is 0.479. The van der Waals surface area contributed by atoms with E-state index in [2.05, 4.69) is 9.97 Å². The maximum atomic E-state index is 6.02. The zero-order valence-corrected chi connectivity index (χ0v) is 14.9. The van der Waals surface area contributed by atoms with Crippen molar-refractivity contribution in [3.63, 3.8) is 0 Å². The van der Waals surface area contributed by atoms with Gasteiger partial charge in [0.25, 0.3) is 5.19 Å². The number of halogens is 1. The van der Waals surface area contributed by atoms with Crippen molar-refractivity contribution in [2.45, 2.75) is 0 Å². The smallest absolute Gasteiger partial charge is 0.281 e. The van der Waals surface area contributed by atoms with Gasteiger partial charge < -0.3 is 9.15 Å². The Morgan fingerprint density at radius 1 is 1.04 bits per heavy atom. The van der Waals surface area contributed by atoms with Gasteiger partial charge in [-0.05, 0) is 47.5 Å². The summed E-state index contributed by atoms with van der Waals surface area (Å²) in [4.78, 5) is 8.67. The maximum absolute atomic E-state index is 6.02. The van der Waals surface area contributed by atoms with Crippen LogP contribution in [-0.2, 0) is 0 Å². The summed E-state index contributed by atoms with van der Waals surface area (Å²) in [7, 11) is 0. The van der Waals surface area contributed by atoms with Crippen LogP contribution in [0.25, 0.3) is 32.4 Å². The van der Waals surface area contributed by atoms with Crippen LogP contribution in [0.2, 0.25) is 5.02 Å². The predicted molar refractivity (Wildman–Crippen MR) is 104 cm³/mol. The van der Waals surface area contributed by atoms with Gasteiger partial charge in [0, 0.05) is 22.7 Å². The fourth-order valence-corrected chi connectivity index (χ4v) is 3.79. The molecule has 126 valence electrons. The molecule has 0 aliphatic rings. The van der Waals surface area contributed by atoms with E-state index in [1.165, 1.54) is 11.3 Å². The van der Waals surface area contributed by atoms with Crippen molar-refractivity contribution >= 4 is 44.3 Å². The zero-order valence-electron chi connectivity index (χ0n) is 13.3. The van der Waals surface area contributed by atoms with Gasteiger partial charge in [-0.2, -0.15) is 4.98 Å². The van der Waals surface area contributed by atoms with Crippen LogP contribution in [0.5, 0.6) is 10.9 Å². The maximum Gasteiger partial charge on any atom is 0.281 e. The Hall–Kier alpha value is -2.89. The summed E-state index contributed by atoms with van der Waals surface area (Å²) >= 11 is 7.48. The van der Waals surface area contributed by atoms with E-state index in [1.807, 2.05) is 54.6 Å². The largest absolute Gasteiger partial charge is 0.464 e. The van der Waals surface area contributed by atoms with E-state index in [0.717, 1.165) is 26.8 Å². The average molecular weight is 379 g/mol. The number of furan rings is 1. The third-order valence-electron chi connectivity index (χ3n) is 4.05. The first kappa shape index (κ1) is 15.4. The van der Waals surface area contributed by atoms with Crippen LogP contribution in [0.1, 0.15) is 0 Å². The minimum absolute atomic E-state index is 0.548. The van der Waals surface area contributed by atoms with Gasteiger partial charge in [-0.3, -0.25) is 0 Å². The van der Waals surface area contributed by atoms with Gasteiger partial charge in [-0.15, -0.1) is 0 Å². The number of ether oxygens (including phenoxy) is 1. The highest BCUT2D eigenvalue weighted by molar-refractivity contribution is 7.20. The molecule has 0 aliphatic heterocycles. The minimum atomic E-state index is 0.548. The molecule has 6 heteroatoms. The molecule has 0 saturated heterocycles. The molecule has 0 fully saturated rings. The lowest BCUT2D eigenvalue weighted by atomic mass is 10.0. The van der Waals surface area contributed by atoms with Crippen LogP contribution in [0, 0.1) is 0 Å². The van der Waals surface area contributed by atoms with Crippen molar-refractivity contribution in [3.8, 4) is 22.1 Å². The molecular weight excluding hydrogens is 368 g/mol. The predicted octanol–water partition coefficient (Wildman–Crippen LogP) is 6.55. The van der Waals surface area contributed by atoms with Gasteiger partial charge in [0.15, 0.2) is 5.65 Å². The van der Waals surface area contributed by atoms with E-state index in [-0.39, 0.29) is 0 Å². The van der Waals surface area contributed by atoms with Crippen molar-refractivity contribution in [1.82, 2.24) is 9.97 Å². The summed E-state index contributed by atoms with van der Waals surface area (Å²) in [6, 6.07) is 17.4. The Labute approximate surface area is 157 Å². The van der Waals surface area contributed by atoms with E-state index >= 15 is 0 Å². The summed E-state index contributed by atoms with van der Waals surface area (Å²) < 4.78 is 12.6. The second-order valence-corrected chi connectivity index (χ2v) is 7.15. The molecule has 3 heterocycles. The quantitative estimate of drug-likeness (QED) is 0.357. The number of aromatic nitrogens is 2. The molecule has 0 atom stereocenters. The molecule has 26 heavy (non-hydrogen) atoms. The first-order chi connectivity index (χ1) is 12.8. The highest BCUT2D eigenvalue weighted by atomic mass is 35.5. The molecule has 2 aromatic carbocycles. The number of hydrogen-bond donors (Lipinski definition) is 0. The van der Waals surface area contributed by atoms with Crippen LogP contribution in [0.3, 0.4) is 0 Å². The fraction of sp³-hybridized carbons (Fsp3) is 0. The Balaban J connectivity index is 1.60. The number of hydrogen-bond acceptors (Lipinski definition) is 5. The monoisotopic (exact) mass is 378 g/mol. The number of thiazole rings is 1. The number of fused-ring (bicyclic) bond motifs is 2.